The van der Waals surface area contributed by atoms with E-state index in [9.17, 15) is 10.1 Å². The zero-order chi connectivity index (χ0) is 13.8. The Balaban J connectivity index is 2.20. The fourth-order valence-corrected chi connectivity index (χ4v) is 3.07. The minimum absolute atomic E-state index is 0.436. The number of nitrogens with zero attached hydrogens (tertiary/aromatic N) is 2. The van der Waals surface area contributed by atoms with Gasteiger partial charge in [-0.1, -0.05) is 6.92 Å². The second-order valence-corrected chi connectivity index (χ2v) is 5.82. The molecule has 1 heterocycles. The Hall–Kier alpha value is -1.54. The van der Waals surface area contributed by atoms with E-state index in [0.29, 0.717) is 16.3 Å². The van der Waals surface area contributed by atoms with Crippen LogP contribution >= 0.6 is 11.8 Å². The molecule has 1 aromatic rings. The van der Waals surface area contributed by atoms with Crippen LogP contribution in [-0.4, -0.2) is 21.8 Å². The van der Waals surface area contributed by atoms with Crippen molar-refractivity contribution in [1.29, 1.82) is 5.26 Å². The maximum absolute atomic E-state index is 10.8. The number of aryl methyl sites for hydroxylation is 2. The van der Waals surface area contributed by atoms with Crippen LogP contribution in [0.4, 0.5) is 0 Å². The van der Waals surface area contributed by atoms with Gasteiger partial charge in [-0.3, -0.25) is 4.79 Å². The summed E-state index contributed by atoms with van der Waals surface area (Å²) in [5, 5.41) is 18.7. The number of carbonyl (C=O) groups is 1. The first-order valence-electron chi connectivity index (χ1n) is 6.40. The Morgan fingerprint density at radius 3 is 3.00 bits per heavy atom. The third kappa shape index (κ3) is 3.27. The molecule has 100 valence electrons. The molecular formula is C14H16N2O2S. The summed E-state index contributed by atoms with van der Waals surface area (Å²) in [6.07, 6.45) is 4.25. The summed E-state index contributed by atoms with van der Waals surface area (Å²) in [6.45, 7) is 1.67. The van der Waals surface area contributed by atoms with Crippen LogP contribution in [0, 0.1) is 17.2 Å². The predicted molar refractivity (Wildman–Crippen MR) is 73.1 cm³/mol. The van der Waals surface area contributed by atoms with Crippen LogP contribution in [-0.2, 0) is 17.6 Å². The third-order valence-corrected chi connectivity index (χ3v) is 4.53. The van der Waals surface area contributed by atoms with Crippen molar-refractivity contribution in [3.05, 3.63) is 22.9 Å². The Labute approximate surface area is 116 Å². The molecule has 19 heavy (non-hydrogen) atoms. The highest BCUT2D eigenvalue weighted by Gasteiger charge is 2.17. The van der Waals surface area contributed by atoms with Crippen LogP contribution in [0.1, 0.15) is 36.6 Å². The number of nitriles is 1. The molecule has 0 radical (unpaired) electrons. The molecule has 0 spiro atoms. The second-order valence-electron chi connectivity index (χ2n) is 4.82. The van der Waals surface area contributed by atoms with Crippen LogP contribution in [0.3, 0.4) is 0 Å². The summed E-state index contributed by atoms with van der Waals surface area (Å²) in [5.41, 5.74) is 2.83. The van der Waals surface area contributed by atoms with Crippen molar-refractivity contribution in [3.63, 3.8) is 0 Å². The van der Waals surface area contributed by atoms with Crippen molar-refractivity contribution in [1.82, 2.24) is 4.98 Å². The van der Waals surface area contributed by atoms with Gasteiger partial charge in [0.1, 0.15) is 11.1 Å². The molecule has 1 unspecified atom stereocenters. The van der Waals surface area contributed by atoms with E-state index in [1.165, 1.54) is 17.3 Å². The number of hydrogen-bond acceptors (Lipinski definition) is 4. The summed E-state index contributed by atoms with van der Waals surface area (Å²) in [4.78, 5) is 15.4. The molecule has 2 rings (SSSR count). The van der Waals surface area contributed by atoms with Gasteiger partial charge >= 0.3 is 5.97 Å². The number of fused-ring (bicyclic) bond motifs is 1. The smallest absolute Gasteiger partial charge is 0.307 e. The van der Waals surface area contributed by atoms with Crippen LogP contribution in [0.25, 0.3) is 0 Å². The van der Waals surface area contributed by atoms with E-state index < -0.39 is 11.9 Å². The average Bonchev–Trinajstić information content (AvgIpc) is 2.43. The quantitative estimate of drug-likeness (QED) is 0.856. The topological polar surface area (TPSA) is 74.0 Å². The van der Waals surface area contributed by atoms with E-state index in [1.807, 2.05) is 6.07 Å². The van der Waals surface area contributed by atoms with Gasteiger partial charge < -0.3 is 5.11 Å². The zero-order valence-electron chi connectivity index (χ0n) is 10.8. The number of carboxylic acids is 1. The van der Waals surface area contributed by atoms with Gasteiger partial charge in [-0.15, -0.1) is 11.8 Å². The van der Waals surface area contributed by atoms with Gasteiger partial charge in [0.2, 0.25) is 0 Å². The molecule has 0 aliphatic heterocycles. The van der Waals surface area contributed by atoms with Crippen molar-refractivity contribution in [2.45, 2.75) is 37.6 Å². The molecule has 4 nitrogen and oxygen atoms in total. The number of aromatic nitrogens is 1. The highest BCUT2D eigenvalue weighted by atomic mass is 32.2. The second kappa shape index (κ2) is 6.07. The fourth-order valence-electron chi connectivity index (χ4n) is 2.08. The van der Waals surface area contributed by atoms with Crippen molar-refractivity contribution in [3.8, 4) is 6.07 Å². The van der Waals surface area contributed by atoms with Gasteiger partial charge in [0, 0.05) is 11.4 Å². The van der Waals surface area contributed by atoms with Crippen molar-refractivity contribution < 1.29 is 9.90 Å². The normalized spacial score (nSPS) is 15.4. The van der Waals surface area contributed by atoms with Gasteiger partial charge in [0.25, 0.3) is 0 Å². The van der Waals surface area contributed by atoms with Gasteiger partial charge in [0.15, 0.2) is 0 Å². The first-order valence-corrected chi connectivity index (χ1v) is 7.39. The number of aliphatic carboxylic acids is 1. The standard InChI is InChI=1S/C14H16N2O2S/c1-9(14(17)18)8-19-13-11(7-15)6-10-4-2-3-5-12(10)16-13/h6,9H,2-5,8H2,1H3,(H,17,18). The van der Waals surface area contributed by atoms with Crippen molar-refractivity contribution >= 4 is 17.7 Å². The molecule has 1 aromatic heterocycles. The Bertz CT molecular complexity index is 537. The lowest BCUT2D eigenvalue weighted by molar-refractivity contribution is -0.140. The average molecular weight is 276 g/mol. The highest BCUT2D eigenvalue weighted by Crippen LogP contribution is 2.28. The maximum Gasteiger partial charge on any atom is 0.307 e. The summed E-state index contributed by atoms with van der Waals surface area (Å²) < 4.78 is 0. The first-order chi connectivity index (χ1) is 9.11. The van der Waals surface area contributed by atoms with Gasteiger partial charge in [-0.25, -0.2) is 4.98 Å². The minimum atomic E-state index is -0.816. The molecule has 1 atom stereocenters. The summed E-state index contributed by atoms with van der Waals surface area (Å²) >= 11 is 1.37. The van der Waals surface area contributed by atoms with Gasteiger partial charge in [-0.05, 0) is 37.3 Å². The predicted octanol–water partition coefficient (Wildman–Crippen LogP) is 2.64. The summed E-state index contributed by atoms with van der Waals surface area (Å²) in [7, 11) is 0. The number of rotatable bonds is 4. The summed E-state index contributed by atoms with van der Waals surface area (Å²) in [6, 6.07) is 4.09. The van der Waals surface area contributed by atoms with Crippen LogP contribution in [0.2, 0.25) is 0 Å². The molecule has 0 fully saturated rings. The monoisotopic (exact) mass is 276 g/mol. The molecule has 0 saturated heterocycles. The molecule has 1 aliphatic carbocycles. The lowest BCUT2D eigenvalue weighted by atomic mass is 9.95. The van der Waals surface area contributed by atoms with Crippen molar-refractivity contribution in [2.75, 3.05) is 5.75 Å². The maximum atomic E-state index is 10.8. The molecule has 0 amide bonds. The van der Waals surface area contributed by atoms with Crippen molar-refractivity contribution in [2.24, 2.45) is 5.92 Å². The number of carboxylic acid groups (broad SMARTS) is 1. The Morgan fingerprint density at radius 2 is 2.32 bits per heavy atom. The zero-order valence-corrected chi connectivity index (χ0v) is 11.7. The highest BCUT2D eigenvalue weighted by molar-refractivity contribution is 7.99. The molecule has 0 saturated carbocycles. The minimum Gasteiger partial charge on any atom is -0.481 e. The molecule has 0 aromatic carbocycles. The van der Waals surface area contributed by atoms with E-state index in [0.717, 1.165) is 31.4 Å². The molecule has 0 bridgehead atoms. The van der Waals surface area contributed by atoms with E-state index in [4.69, 9.17) is 5.11 Å². The Kier molecular flexibility index (Phi) is 4.43. The van der Waals surface area contributed by atoms with Gasteiger partial charge in [-0.2, -0.15) is 5.26 Å². The van der Waals surface area contributed by atoms with E-state index >= 15 is 0 Å². The van der Waals surface area contributed by atoms with Gasteiger partial charge in [0.05, 0.1) is 11.5 Å². The third-order valence-electron chi connectivity index (χ3n) is 3.28. The lowest BCUT2D eigenvalue weighted by Crippen LogP contribution is -2.12. The fraction of sp³-hybridized carbons (Fsp3) is 0.500. The molecule has 1 N–H and O–H groups in total. The van der Waals surface area contributed by atoms with E-state index in [-0.39, 0.29) is 0 Å². The largest absolute Gasteiger partial charge is 0.481 e. The molecule has 5 heteroatoms. The van der Waals surface area contributed by atoms with E-state index in [2.05, 4.69) is 11.1 Å². The van der Waals surface area contributed by atoms with Crippen LogP contribution in [0.5, 0.6) is 0 Å². The SMILES string of the molecule is CC(CSc1nc2c(cc1C#N)CCCC2)C(=O)O. The first kappa shape index (κ1) is 13.9. The van der Waals surface area contributed by atoms with Crippen LogP contribution in [0.15, 0.2) is 11.1 Å². The summed E-state index contributed by atoms with van der Waals surface area (Å²) in [5.74, 6) is -0.811. The lowest BCUT2D eigenvalue weighted by Gasteiger charge is -2.16. The molecular weight excluding hydrogens is 260 g/mol. The number of hydrogen-bond donors (Lipinski definition) is 1. The molecule has 1 aliphatic rings. The number of pyridine rings is 1. The Morgan fingerprint density at radius 1 is 1.58 bits per heavy atom. The van der Waals surface area contributed by atoms with Crippen LogP contribution < -0.4 is 0 Å². The van der Waals surface area contributed by atoms with E-state index in [1.54, 1.807) is 6.92 Å². The number of thioether (sulfide) groups is 1.